The van der Waals surface area contributed by atoms with Crippen molar-refractivity contribution in [1.29, 1.82) is 0 Å². The Morgan fingerprint density at radius 1 is 0.460 bits per heavy atom. The molecule has 0 heterocycles. The molecule has 1 aliphatic rings. The van der Waals surface area contributed by atoms with Crippen molar-refractivity contribution in [3.05, 3.63) is 175 Å². The number of aliphatic carboxylic acids is 1. The maximum Gasteiger partial charge on any atom is 0.339 e. The fourth-order valence-corrected chi connectivity index (χ4v) is 7.13. The summed E-state index contributed by atoms with van der Waals surface area (Å²) in [4.78, 5) is 86.0. The Morgan fingerprint density at radius 2 is 0.921 bits per heavy atom. The van der Waals surface area contributed by atoms with Gasteiger partial charge in [-0.15, -0.1) is 0 Å². The van der Waals surface area contributed by atoms with Crippen LogP contribution in [0, 0.1) is 0 Å². The maximum atomic E-state index is 12.7. The number of aromatic carboxylic acids is 5. The van der Waals surface area contributed by atoms with Gasteiger partial charge in [-0.1, -0.05) is 30.3 Å². The van der Waals surface area contributed by atoms with Crippen molar-refractivity contribution in [2.45, 2.75) is 12.3 Å². The number of hydrogen-bond acceptors (Lipinski definition) is 12. The van der Waals surface area contributed by atoms with Gasteiger partial charge in [-0.05, 0) is 111 Å². The first-order valence-corrected chi connectivity index (χ1v) is 18.0. The number of hydrogen-bond donors (Lipinski definition) is 11. The summed E-state index contributed by atoms with van der Waals surface area (Å²) in [7, 11) is 0. The van der Waals surface area contributed by atoms with Crippen LogP contribution in [0.25, 0.3) is 5.57 Å². The Labute approximate surface area is 352 Å². The lowest BCUT2D eigenvalue weighted by atomic mass is 9.81. The first kappa shape index (κ1) is 43.4. The summed E-state index contributed by atoms with van der Waals surface area (Å²) in [6.45, 7) is 0. The maximum absolute atomic E-state index is 12.7. The molecule has 5 aromatic carbocycles. The highest BCUT2D eigenvalue weighted by Crippen LogP contribution is 2.42. The van der Waals surface area contributed by atoms with Crippen LogP contribution in [0.3, 0.4) is 0 Å². The van der Waals surface area contributed by atoms with Crippen molar-refractivity contribution >= 4 is 47.2 Å². The third-order valence-electron chi connectivity index (χ3n) is 10.0. The van der Waals surface area contributed by atoms with Crippen LogP contribution in [0.4, 0.5) is 0 Å². The van der Waals surface area contributed by atoms with E-state index in [1.165, 1.54) is 24.3 Å². The number of allylic oxidation sites excluding steroid dienone is 4. The third-order valence-corrected chi connectivity index (χ3v) is 10.0. The van der Waals surface area contributed by atoms with E-state index in [0.717, 1.165) is 72.8 Å². The molecule has 0 fully saturated rings. The molecule has 0 saturated heterocycles. The summed E-state index contributed by atoms with van der Waals surface area (Å²) < 4.78 is 0. The molecule has 18 nitrogen and oxygen atoms in total. The number of carboxylic acid groups (broad SMARTS) is 6. The molecule has 0 bridgehead atoms. The topological polar surface area (TPSA) is 342 Å². The van der Waals surface area contributed by atoms with Crippen LogP contribution < -0.4 is 0 Å². The SMILES string of the molecule is O=C(O)C1=CC(=C(c2ccc(O)c(C(=O)O)c2)c2cc(Cc3cc(C(c4ccc(O)c(C(=O)O)c4)c4ccc(O)c(C(=O)O)c4)cc(C(=O)O)c3O)cc(C(=O)O)c2O)C=CC1=O. The number of aromatic hydroxyl groups is 5. The number of carbonyl (C=O) groups is 7. The van der Waals surface area contributed by atoms with Gasteiger partial charge < -0.3 is 56.2 Å². The van der Waals surface area contributed by atoms with E-state index in [2.05, 4.69) is 0 Å². The number of phenols is 5. The Hall–Kier alpha value is -9.19. The molecule has 0 aliphatic heterocycles. The van der Waals surface area contributed by atoms with Crippen molar-refractivity contribution in [1.82, 2.24) is 0 Å². The van der Waals surface area contributed by atoms with Gasteiger partial charge in [0.1, 0.15) is 62.1 Å². The molecule has 1 aliphatic carbocycles. The Balaban J connectivity index is 1.64. The molecular formula is C45H30O18. The highest BCUT2D eigenvalue weighted by atomic mass is 16.4. The van der Waals surface area contributed by atoms with E-state index >= 15 is 0 Å². The molecule has 318 valence electrons. The molecule has 0 radical (unpaired) electrons. The molecule has 11 N–H and O–H groups in total. The second-order valence-electron chi connectivity index (χ2n) is 13.9. The van der Waals surface area contributed by atoms with Gasteiger partial charge in [0.05, 0.1) is 0 Å². The summed E-state index contributed by atoms with van der Waals surface area (Å²) >= 11 is 0. The summed E-state index contributed by atoms with van der Waals surface area (Å²) in [5.41, 5.74) is -5.30. The molecule has 0 amide bonds. The van der Waals surface area contributed by atoms with Gasteiger partial charge >= 0.3 is 35.8 Å². The number of ketones is 1. The first-order chi connectivity index (χ1) is 29.7. The molecular weight excluding hydrogens is 828 g/mol. The lowest BCUT2D eigenvalue weighted by Gasteiger charge is -2.23. The van der Waals surface area contributed by atoms with Gasteiger partial charge in [-0.25, -0.2) is 28.8 Å². The predicted molar refractivity (Wildman–Crippen MR) is 215 cm³/mol. The summed E-state index contributed by atoms with van der Waals surface area (Å²) in [6.07, 6.45) is 2.32. The normalized spacial score (nSPS) is 13.0. The van der Waals surface area contributed by atoms with Gasteiger partial charge in [-0.3, -0.25) is 4.79 Å². The number of carboxylic acids is 6. The van der Waals surface area contributed by atoms with Crippen molar-refractivity contribution < 1.29 is 89.7 Å². The van der Waals surface area contributed by atoms with E-state index < -0.39 is 122 Å². The Kier molecular flexibility index (Phi) is 11.6. The van der Waals surface area contributed by atoms with Gasteiger partial charge in [0.15, 0.2) is 5.78 Å². The zero-order valence-electron chi connectivity index (χ0n) is 31.8. The molecule has 5 aromatic rings. The zero-order valence-corrected chi connectivity index (χ0v) is 31.8. The average Bonchev–Trinajstić information content (AvgIpc) is 3.21. The standard InChI is InChI=1S/C45H30O18/c46-32-5-1-19(13-25(32)40(52)53)36(20-2-6-33(47)26(14-20)41(54)55)23-12-24(38(50)31(17-23)45(62)63)9-18-10-29(39(51)30(11-18)44(60)61)37(21-3-7-34(48)27(15-21)42(56)57)22-4-8-35(49)28(16-22)43(58)59/h1-8,10-17,36,46-48,50-51H,9H2,(H,52,53)(H,54,55)(H,56,57)(H,58,59)(H,60,61)(H,62,63). The van der Waals surface area contributed by atoms with Crippen LogP contribution in [0.2, 0.25) is 0 Å². The van der Waals surface area contributed by atoms with Gasteiger partial charge in [0.25, 0.3) is 0 Å². The van der Waals surface area contributed by atoms with Crippen LogP contribution >= 0.6 is 0 Å². The van der Waals surface area contributed by atoms with Crippen LogP contribution in [-0.4, -0.2) is 97.8 Å². The molecule has 0 saturated carbocycles. The monoisotopic (exact) mass is 858 g/mol. The van der Waals surface area contributed by atoms with Crippen molar-refractivity contribution in [3.63, 3.8) is 0 Å². The molecule has 63 heavy (non-hydrogen) atoms. The second kappa shape index (κ2) is 16.8. The van der Waals surface area contributed by atoms with Crippen LogP contribution in [-0.2, 0) is 16.0 Å². The first-order valence-electron chi connectivity index (χ1n) is 18.0. The smallest absolute Gasteiger partial charge is 0.339 e. The predicted octanol–water partition coefficient (Wildman–Crippen LogP) is 5.43. The van der Waals surface area contributed by atoms with Gasteiger partial charge in [0, 0.05) is 17.9 Å². The van der Waals surface area contributed by atoms with Crippen LogP contribution in [0.1, 0.15) is 96.7 Å². The zero-order chi connectivity index (χ0) is 46.2. The van der Waals surface area contributed by atoms with Gasteiger partial charge in [0.2, 0.25) is 0 Å². The van der Waals surface area contributed by atoms with Crippen LogP contribution in [0.5, 0.6) is 28.7 Å². The number of carbonyl (C=O) groups excluding carboxylic acids is 1. The number of rotatable bonds is 13. The van der Waals surface area contributed by atoms with E-state index in [1.54, 1.807) is 0 Å². The lowest BCUT2D eigenvalue weighted by molar-refractivity contribution is -0.134. The quantitative estimate of drug-likeness (QED) is 0.0519. The summed E-state index contributed by atoms with van der Waals surface area (Å²) in [5.74, 6) is -15.8. The Bertz CT molecular complexity index is 2900. The molecule has 18 heteroatoms. The summed E-state index contributed by atoms with van der Waals surface area (Å²) in [5, 5.41) is 113. The van der Waals surface area contributed by atoms with E-state index in [1.807, 2.05) is 0 Å². The fraction of sp³-hybridized carbons (Fsp3) is 0.0444. The molecule has 0 spiro atoms. The van der Waals surface area contributed by atoms with E-state index in [4.69, 9.17) is 0 Å². The minimum absolute atomic E-state index is 0.0295. The molecule has 0 unspecified atom stereocenters. The minimum Gasteiger partial charge on any atom is -0.507 e. The average molecular weight is 859 g/mol. The highest BCUT2D eigenvalue weighted by Gasteiger charge is 2.29. The van der Waals surface area contributed by atoms with Crippen molar-refractivity contribution in [2.75, 3.05) is 0 Å². The second-order valence-corrected chi connectivity index (χ2v) is 13.9. The van der Waals surface area contributed by atoms with E-state index in [9.17, 15) is 89.7 Å². The van der Waals surface area contributed by atoms with Crippen LogP contribution in [0.15, 0.2) is 108 Å². The molecule has 6 rings (SSSR count). The van der Waals surface area contributed by atoms with E-state index in [-0.39, 0.29) is 44.5 Å². The minimum atomic E-state index is -1.72. The fourth-order valence-electron chi connectivity index (χ4n) is 7.13. The van der Waals surface area contributed by atoms with Crippen molar-refractivity contribution in [2.24, 2.45) is 0 Å². The third kappa shape index (κ3) is 8.48. The Morgan fingerprint density at radius 3 is 1.43 bits per heavy atom. The highest BCUT2D eigenvalue weighted by molar-refractivity contribution is 6.23. The summed E-state index contributed by atoms with van der Waals surface area (Å²) in [6, 6.07) is 14.1. The number of benzene rings is 5. The van der Waals surface area contributed by atoms with Gasteiger partial charge in [-0.2, -0.15) is 0 Å². The molecule has 0 atom stereocenters. The van der Waals surface area contributed by atoms with Crippen molar-refractivity contribution in [3.8, 4) is 28.7 Å². The largest absolute Gasteiger partial charge is 0.507 e. The molecule has 0 aromatic heterocycles. The lowest BCUT2D eigenvalue weighted by Crippen LogP contribution is -2.13. The van der Waals surface area contributed by atoms with E-state index in [0.29, 0.717) is 0 Å².